The molecule has 1 aromatic heterocycles. The van der Waals surface area contributed by atoms with Crippen molar-refractivity contribution < 1.29 is 4.74 Å². The Morgan fingerprint density at radius 1 is 1.32 bits per heavy atom. The van der Waals surface area contributed by atoms with Crippen molar-refractivity contribution in [2.24, 2.45) is 5.84 Å². The van der Waals surface area contributed by atoms with Gasteiger partial charge in [-0.3, -0.25) is 0 Å². The lowest BCUT2D eigenvalue weighted by Crippen LogP contribution is -2.10. The predicted molar refractivity (Wildman–Crippen MR) is 77.1 cm³/mol. The number of aromatic nitrogens is 2. The SMILES string of the molecule is COc1c(NN)ncnc1SCc1ccccc1C. The average Bonchev–Trinajstić information content (AvgIpc) is 2.45. The quantitative estimate of drug-likeness (QED) is 0.378. The normalized spacial score (nSPS) is 10.3. The molecule has 0 amide bonds. The number of methoxy groups -OCH3 is 1. The van der Waals surface area contributed by atoms with Gasteiger partial charge in [0, 0.05) is 5.75 Å². The number of benzene rings is 1. The summed E-state index contributed by atoms with van der Waals surface area (Å²) in [6.07, 6.45) is 1.47. The topological polar surface area (TPSA) is 73.1 Å². The summed E-state index contributed by atoms with van der Waals surface area (Å²) in [4.78, 5) is 8.25. The van der Waals surface area contributed by atoms with Crippen molar-refractivity contribution in [3.8, 4) is 5.75 Å². The first-order chi connectivity index (χ1) is 9.26. The number of nitrogens with one attached hydrogen (secondary N) is 1. The van der Waals surface area contributed by atoms with Gasteiger partial charge in [-0.1, -0.05) is 36.0 Å². The lowest BCUT2D eigenvalue weighted by atomic mass is 10.1. The Morgan fingerprint density at radius 3 is 2.79 bits per heavy atom. The van der Waals surface area contributed by atoms with Crippen LogP contribution in [-0.4, -0.2) is 17.1 Å². The van der Waals surface area contributed by atoms with E-state index in [0.717, 1.165) is 10.8 Å². The molecule has 100 valence electrons. The zero-order chi connectivity index (χ0) is 13.7. The molecule has 0 aliphatic heterocycles. The van der Waals surface area contributed by atoms with Crippen LogP contribution in [0, 0.1) is 6.92 Å². The van der Waals surface area contributed by atoms with E-state index in [4.69, 9.17) is 10.6 Å². The molecule has 5 nitrogen and oxygen atoms in total. The Morgan fingerprint density at radius 2 is 2.11 bits per heavy atom. The van der Waals surface area contributed by atoms with Gasteiger partial charge in [0.05, 0.1) is 7.11 Å². The molecule has 0 bridgehead atoms. The number of ether oxygens (including phenoxy) is 1. The third kappa shape index (κ3) is 3.15. The van der Waals surface area contributed by atoms with E-state index in [9.17, 15) is 0 Å². The van der Waals surface area contributed by atoms with E-state index in [0.29, 0.717) is 11.6 Å². The molecular weight excluding hydrogens is 260 g/mol. The summed E-state index contributed by atoms with van der Waals surface area (Å²) in [7, 11) is 1.58. The van der Waals surface area contributed by atoms with Gasteiger partial charge < -0.3 is 10.2 Å². The van der Waals surface area contributed by atoms with Crippen molar-refractivity contribution >= 4 is 17.6 Å². The molecule has 6 heteroatoms. The van der Waals surface area contributed by atoms with Gasteiger partial charge in [-0.25, -0.2) is 15.8 Å². The molecule has 0 saturated carbocycles. The summed E-state index contributed by atoms with van der Waals surface area (Å²) in [5, 5.41) is 0.772. The fourth-order valence-corrected chi connectivity index (χ4v) is 2.71. The maximum Gasteiger partial charge on any atom is 0.195 e. The van der Waals surface area contributed by atoms with Crippen molar-refractivity contribution in [2.45, 2.75) is 17.7 Å². The molecule has 0 spiro atoms. The molecule has 0 fully saturated rings. The van der Waals surface area contributed by atoms with Crippen LogP contribution in [0.2, 0.25) is 0 Å². The van der Waals surface area contributed by atoms with E-state index in [1.807, 2.05) is 12.1 Å². The molecule has 0 aliphatic rings. The number of rotatable bonds is 5. The van der Waals surface area contributed by atoms with Crippen LogP contribution in [0.5, 0.6) is 5.75 Å². The first kappa shape index (κ1) is 13.6. The van der Waals surface area contributed by atoms with E-state index in [1.54, 1.807) is 18.9 Å². The third-order valence-corrected chi connectivity index (χ3v) is 3.76. The standard InChI is InChI=1S/C13H16N4OS/c1-9-5-3-4-6-10(9)7-19-13-11(18-2)12(17-14)15-8-16-13/h3-6,8H,7,14H2,1-2H3,(H,15,16,17). The number of nitrogens with zero attached hydrogens (tertiary/aromatic N) is 2. The zero-order valence-corrected chi connectivity index (χ0v) is 11.7. The molecule has 1 heterocycles. The molecular formula is C13H16N4OS. The van der Waals surface area contributed by atoms with Gasteiger partial charge in [0.25, 0.3) is 0 Å². The Kier molecular flexibility index (Phi) is 4.59. The minimum atomic E-state index is 0.491. The van der Waals surface area contributed by atoms with Gasteiger partial charge in [-0.15, -0.1) is 0 Å². The first-order valence-electron chi connectivity index (χ1n) is 5.79. The van der Waals surface area contributed by atoms with Crippen molar-refractivity contribution in [1.82, 2.24) is 9.97 Å². The third-order valence-electron chi connectivity index (χ3n) is 2.74. The van der Waals surface area contributed by atoms with E-state index in [2.05, 4.69) is 34.5 Å². The van der Waals surface area contributed by atoms with Crippen molar-refractivity contribution in [2.75, 3.05) is 12.5 Å². The summed E-state index contributed by atoms with van der Waals surface area (Å²) in [6, 6.07) is 8.27. The van der Waals surface area contributed by atoms with Gasteiger partial charge in [0.1, 0.15) is 11.4 Å². The molecule has 1 aromatic carbocycles. The van der Waals surface area contributed by atoms with Crippen LogP contribution in [0.15, 0.2) is 35.6 Å². The second-order valence-corrected chi connectivity index (χ2v) is 4.88. The highest BCUT2D eigenvalue weighted by molar-refractivity contribution is 7.98. The van der Waals surface area contributed by atoms with Gasteiger partial charge in [0.2, 0.25) is 0 Å². The minimum Gasteiger partial charge on any atom is -0.490 e. The molecule has 19 heavy (non-hydrogen) atoms. The van der Waals surface area contributed by atoms with E-state index >= 15 is 0 Å². The Bertz CT molecular complexity index is 562. The molecule has 0 radical (unpaired) electrons. The lowest BCUT2D eigenvalue weighted by Gasteiger charge is -2.11. The Balaban J connectivity index is 2.18. The molecule has 0 saturated heterocycles. The highest BCUT2D eigenvalue weighted by Crippen LogP contribution is 2.33. The molecule has 0 aliphatic carbocycles. The van der Waals surface area contributed by atoms with Gasteiger partial charge in [0.15, 0.2) is 11.6 Å². The molecule has 3 N–H and O–H groups in total. The number of hydrazine groups is 1. The highest BCUT2D eigenvalue weighted by atomic mass is 32.2. The monoisotopic (exact) mass is 276 g/mol. The summed E-state index contributed by atoms with van der Waals surface area (Å²) in [6.45, 7) is 2.10. The van der Waals surface area contributed by atoms with Crippen molar-refractivity contribution in [3.05, 3.63) is 41.7 Å². The largest absolute Gasteiger partial charge is 0.490 e. The zero-order valence-electron chi connectivity index (χ0n) is 10.9. The van der Waals surface area contributed by atoms with Crippen molar-refractivity contribution in [1.29, 1.82) is 0 Å². The number of hydrogen-bond acceptors (Lipinski definition) is 6. The van der Waals surface area contributed by atoms with E-state index < -0.39 is 0 Å². The van der Waals surface area contributed by atoms with Crippen LogP contribution < -0.4 is 16.0 Å². The number of aryl methyl sites for hydroxylation is 1. The average molecular weight is 276 g/mol. The predicted octanol–water partition coefficient (Wildman–Crippen LogP) is 2.37. The maximum atomic E-state index is 5.40. The number of hydrogen-bond donors (Lipinski definition) is 2. The molecule has 0 unspecified atom stereocenters. The first-order valence-corrected chi connectivity index (χ1v) is 6.77. The maximum absolute atomic E-state index is 5.40. The minimum absolute atomic E-state index is 0.491. The number of thioether (sulfide) groups is 1. The summed E-state index contributed by atoms with van der Waals surface area (Å²) >= 11 is 1.60. The fourth-order valence-electron chi connectivity index (χ4n) is 1.67. The highest BCUT2D eigenvalue weighted by Gasteiger charge is 2.12. The van der Waals surface area contributed by atoms with Gasteiger partial charge in [-0.05, 0) is 18.1 Å². The van der Waals surface area contributed by atoms with Gasteiger partial charge in [-0.2, -0.15) is 0 Å². The van der Waals surface area contributed by atoms with E-state index in [-0.39, 0.29) is 0 Å². The van der Waals surface area contributed by atoms with E-state index in [1.165, 1.54) is 17.5 Å². The fraction of sp³-hybridized carbons (Fsp3) is 0.231. The van der Waals surface area contributed by atoms with Crippen LogP contribution in [-0.2, 0) is 5.75 Å². The van der Waals surface area contributed by atoms with Crippen LogP contribution >= 0.6 is 11.8 Å². The smallest absolute Gasteiger partial charge is 0.195 e. The molecule has 0 atom stereocenters. The van der Waals surface area contributed by atoms with Crippen LogP contribution in [0.4, 0.5) is 5.82 Å². The Labute approximate surface area is 116 Å². The summed E-state index contributed by atoms with van der Waals surface area (Å²) in [5.74, 6) is 7.28. The van der Waals surface area contributed by atoms with Crippen molar-refractivity contribution in [3.63, 3.8) is 0 Å². The van der Waals surface area contributed by atoms with Crippen LogP contribution in [0.3, 0.4) is 0 Å². The molecule has 2 rings (SSSR count). The van der Waals surface area contributed by atoms with Crippen LogP contribution in [0.1, 0.15) is 11.1 Å². The Hall–Kier alpha value is -1.79. The number of nitrogens with two attached hydrogens (primary N) is 1. The second kappa shape index (κ2) is 6.40. The van der Waals surface area contributed by atoms with Crippen LogP contribution in [0.25, 0.3) is 0 Å². The number of nitrogen functional groups attached to an aromatic ring is 1. The summed E-state index contributed by atoms with van der Waals surface area (Å²) < 4.78 is 5.30. The lowest BCUT2D eigenvalue weighted by molar-refractivity contribution is 0.400. The van der Waals surface area contributed by atoms with Gasteiger partial charge >= 0.3 is 0 Å². The summed E-state index contributed by atoms with van der Waals surface area (Å²) in [5.41, 5.74) is 5.04. The molecule has 2 aromatic rings. The number of anilines is 1. The second-order valence-electron chi connectivity index (χ2n) is 3.92.